The van der Waals surface area contributed by atoms with Crippen LogP contribution in [0.25, 0.3) is 0 Å². The summed E-state index contributed by atoms with van der Waals surface area (Å²) in [5.41, 5.74) is -0.198. The van der Waals surface area contributed by atoms with Crippen molar-refractivity contribution in [3.05, 3.63) is 35.6 Å². The molecule has 30 heavy (non-hydrogen) atoms. The lowest BCUT2D eigenvalue weighted by atomic mass is 9.47. The molecule has 0 N–H and O–H groups in total. The Kier molecular flexibility index (Phi) is 4.68. The lowest BCUT2D eigenvalue weighted by Gasteiger charge is -2.57. The summed E-state index contributed by atoms with van der Waals surface area (Å²) in [5.74, 6) is 0.971. The molecule has 5 nitrogen and oxygen atoms in total. The largest absolute Gasteiger partial charge is 0.497 e. The fraction of sp³-hybridized carbons (Fsp3) is 0.640. The van der Waals surface area contributed by atoms with E-state index in [-0.39, 0.29) is 28.8 Å². The molecule has 0 aromatic carbocycles. The van der Waals surface area contributed by atoms with Crippen LogP contribution in [0.15, 0.2) is 35.6 Å². The highest BCUT2D eigenvalue weighted by Gasteiger charge is 2.69. The highest BCUT2D eigenvalue weighted by atomic mass is 16.6. The summed E-state index contributed by atoms with van der Waals surface area (Å²) in [6.07, 6.45) is 7.62. The normalized spacial score (nSPS) is 42.4. The average molecular weight is 413 g/mol. The second-order valence-electron chi connectivity index (χ2n) is 10.1. The molecule has 0 unspecified atom stereocenters. The van der Waals surface area contributed by atoms with Gasteiger partial charge in [-0.1, -0.05) is 20.4 Å². The maximum atomic E-state index is 13.0. The number of ketones is 2. The Balaban J connectivity index is 1.86. The molecule has 0 aromatic rings. The van der Waals surface area contributed by atoms with Gasteiger partial charge in [0.05, 0.1) is 7.11 Å². The number of ether oxygens (including phenoxy) is 2. The Morgan fingerprint density at radius 2 is 1.87 bits per heavy atom. The van der Waals surface area contributed by atoms with Crippen LogP contribution in [0.3, 0.4) is 0 Å². The van der Waals surface area contributed by atoms with Gasteiger partial charge in [-0.15, -0.1) is 0 Å². The third-order valence-corrected chi connectivity index (χ3v) is 8.74. The second-order valence-corrected chi connectivity index (χ2v) is 10.1. The molecule has 4 rings (SSSR count). The third-order valence-electron chi connectivity index (χ3n) is 8.74. The molecule has 162 valence electrons. The third kappa shape index (κ3) is 2.50. The van der Waals surface area contributed by atoms with E-state index >= 15 is 0 Å². The molecule has 6 atom stereocenters. The zero-order valence-corrected chi connectivity index (χ0v) is 18.7. The number of fused-ring (bicyclic) bond motifs is 5. The maximum Gasteiger partial charge on any atom is 0.303 e. The van der Waals surface area contributed by atoms with Crippen molar-refractivity contribution in [1.82, 2.24) is 0 Å². The summed E-state index contributed by atoms with van der Waals surface area (Å²) < 4.78 is 11.6. The van der Waals surface area contributed by atoms with Crippen LogP contribution >= 0.6 is 0 Å². The fourth-order valence-electron chi connectivity index (χ4n) is 7.35. The molecular formula is C25H32O5. The molecule has 2 saturated carbocycles. The van der Waals surface area contributed by atoms with Gasteiger partial charge in [-0.3, -0.25) is 14.4 Å². The minimum Gasteiger partial charge on any atom is -0.497 e. The molecule has 0 aliphatic heterocycles. The molecule has 0 amide bonds. The quantitative estimate of drug-likeness (QED) is 0.510. The van der Waals surface area contributed by atoms with Gasteiger partial charge in [0.2, 0.25) is 0 Å². The smallest absolute Gasteiger partial charge is 0.303 e. The molecule has 0 radical (unpaired) electrons. The number of esters is 1. The van der Waals surface area contributed by atoms with Crippen LogP contribution in [0.5, 0.6) is 0 Å². The zero-order valence-electron chi connectivity index (χ0n) is 18.7. The van der Waals surface area contributed by atoms with Crippen LogP contribution in [0.1, 0.15) is 59.8 Å². The predicted molar refractivity (Wildman–Crippen MR) is 112 cm³/mol. The van der Waals surface area contributed by atoms with Crippen LogP contribution in [-0.2, 0) is 23.9 Å². The average Bonchev–Trinajstić information content (AvgIpc) is 2.90. The Labute approximate surface area is 178 Å². The van der Waals surface area contributed by atoms with Crippen molar-refractivity contribution in [3.63, 3.8) is 0 Å². The highest BCUT2D eigenvalue weighted by Crippen LogP contribution is 2.68. The predicted octanol–water partition coefficient (Wildman–Crippen LogP) is 4.33. The van der Waals surface area contributed by atoms with Gasteiger partial charge in [-0.05, 0) is 68.1 Å². The lowest BCUT2D eigenvalue weighted by molar-refractivity contribution is -0.179. The van der Waals surface area contributed by atoms with Crippen molar-refractivity contribution in [2.45, 2.75) is 65.4 Å². The van der Waals surface area contributed by atoms with E-state index in [4.69, 9.17) is 9.47 Å². The van der Waals surface area contributed by atoms with E-state index in [1.54, 1.807) is 13.2 Å². The summed E-state index contributed by atoms with van der Waals surface area (Å²) >= 11 is 0. The monoisotopic (exact) mass is 412 g/mol. The first-order valence-corrected chi connectivity index (χ1v) is 10.9. The summed E-state index contributed by atoms with van der Waals surface area (Å²) in [4.78, 5) is 37.2. The molecule has 0 aromatic heterocycles. The number of hydrogen-bond acceptors (Lipinski definition) is 5. The number of hydrogen-bond donors (Lipinski definition) is 0. The standard InChI is InChI=1S/C25H32O5/c1-14-11-20-18-13-22(29-6)21-12-17(28)7-9-23(21,4)19(18)8-10-24(20,5)25(14,15(2)26)30-16(3)27/h12-13,18-20H,1,7-11H2,2-6H3/t18-,19+,20+,23-,24+,25+/m1/s1. The molecular weight excluding hydrogens is 380 g/mol. The number of Topliss-reactive ketones (excluding diaryl/α,β-unsaturated/α-hetero) is 1. The van der Waals surface area contributed by atoms with Gasteiger partial charge in [-0.25, -0.2) is 0 Å². The van der Waals surface area contributed by atoms with Crippen LogP contribution in [0.4, 0.5) is 0 Å². The van der Waals surface area contributed by atoms with Gasteiger partial charge in [0.25, 0.3) is 0 Å². The molecule has 0 spiro atoms. The van der Waals surface area contributed by atoms with Crippen molar-refractivity contribution in [1.29, 1.82) is 0 Å². The van der Waals surface area contributed by atoms with Crippen LogP contribution in [-0.4, -0.2) is 30.2 Å². The number of methoxy groups -OCH3 is 1. The first kappa shape index (κ1) is 21.1. The fourth-order valence-corrected chi connectivity index (χ4v) is 7.35. The Bertz CT molecular complexity index is 910. The Hall–Kier alpha value is -2.17. The molecule has 4 aliphatic rings. The zero-order chi connectivity index (χ0) is 22.1. The van der Waals surface area contributed by atoms with Crippen molar-refractivity contribution in [2.24, 2.45) is 28.6 Å². The van der Waals surface area contributed by atoms with Gasteiger partial charge >= 0.3 is 5.97 Å². The van der Waals surface area contributed by atoms with E-state index < -0.39 is 17.0 Å². The van der Waals surface area contributed by atoms with E-state index in [0.29, 0.717) is 24.3 Å². The molecule has 0 bridgehead atoms. The van der Waals surface area contributed by atoms with Gasteiger partial charge < -0.3 is 9.47 Å². The number of rotatable bonds is 3. The first-order valence-electron chi connectivity index (χ1n) is 10.9. The molecule has 0 heterocycles. The minimum atomic E-state index is -1.27. The maximum absolute atomic E-state index is 13.0. The summed E-state index contributed by atoms with van der Waals surface area (Å²) in [5, 5.41) is 0. The van der Waals surface area contributed by atoms with E-state index in [9.17, 15) is 14.4 Å². The van der Waals surface area contributed by atoms with E-state index in [1.807, 2.05) is 0 Å². The van der Waals surface area contributed by atoms with Crippen LogP contribution in [0, 0.1) is 28.6 Å². The lowest BCUT2D eigenvalue weighted by Crippen LogP contribution is -2.58. The van der Waals surface area contributed by atoms with Crippen LogP contribution < -0.4 is 0 Å². The minimum absolute atomic E-state index is 0.119. The van der Waals surface area contributed by atoms with Crippen LogP contribution in [0.2, 0.25) is 0 Å². The molecule has 0 saturated heterocycles. The van der Waals surface area contributed by atoms with Crippen molar-refractivity contribution >= 4 is 17.5 Å². The summed E-state index contributed by atoms with van der Waals surface area (Å²) in [6, 6.07) is 0. The number of carbonyl (C=O) groups excluding carboxylic acids is 3. The van der Waals surface area contributed by atoms with Crippen molar-refractivity contribution in [2.75, 3.05) is 7.11 Å². The van der Waals surface area contributed by atoms with E-state index in [0.717, 1.165) is 30.6 Å². The van der Waals surface area contributed by atoms with Crippen molar-refractivity contribution in [3.8, 4) is 0 Å². The van der Waals surface area contributed by atoms with Gasteiger partial charge in [0.15, 0.2) is 17.2 Å². The Morgan fingerprint density at radius 1 is 1.17 bits per heavy atom. The Morgan fingerprint density at radius 3 is 2.47 bits per heavy atom. The molecule has 4 aliphatic carbocycles. The van der Waals surface area contributed by atoms with Gasteiger partial charge in [0.1, 0.15) is 5.76 Å². The summed E-state index contributed by atoms with van der Waals surface area (Å²) in [6.45, 7) is 11.5. The van der Waals surface area contributed by atoms with Gasteiger partial charge in [0, 0.05) is 29.7 Å². The van der Waals surface area contributed by atoms with E-state index in [1.165, 1.54) is 13.8 Å². The second kappa shape index (κ2) is 6.66. The molecule has 2 fully saturated rings. The summed E-state index contributed by atoms with van der Waals surface area (Å²) in [7, 11) is 1.65. The number of allylic oxidation sites excluding steroid dienone is 3. The first-order chi connectivity index (χ1) is 14.0. The molecule has 5 heteroatoms. The highest BCUT2D eigenvalue weighted by molar-refractivity contribution is 5.93. The number of carbonyl (C=O) groups is 3. The topological polar surface area (TPSA) is 69.7 Å². The van der Waals surface area contributed by atoms with E-state index in [2.05, 4.69) is 26.5 Å². The van der Waals surface area contributed by atoms with Crippen molar-refractivity contribution < 1.29 is 23.9 Å². The SMILES string of the molecule is C=C1C[C@H]2[C@@H]3C=C(OC)C4=CC(=O)CC[C@]4(C)[C@H]3CC[C@]2(C)[C@@]1(OC(C)=O)C(C)=O. The van der Waals surface area contributed by atoms with Gasteiger partial charge in [-0.2, -0.15) is 0 Å².